The van der Waals surface area contributed by atoms with Gasteiger partial charge in [0.1, 0.15) is 0 Å². The summed E-state index contributed by atoms with van der Waals surface area (Å²) in [5, 5.41) is 31.7. The zero-order chi connectivity index (χ0) is 17.8. The van der Waals surface area contributed by atoms with E-state index in [1.165, 1.54) is 12.1 Å². The van der Waals surface area contributed by atoms with Crippen molar-refractivity contribution in [3.05, 3.63) is 59.7 Å². The number of carbonyl (C=O) groups is 1. The van der Waals surface area contributed by atoms with Gasteiger partial charge in [-0.25, -0.2) is 0 Å². The Balaban J connectivity index is 0.00000104. The predicted octanol–water partition coefficient (Wildman–Crippen LogP) is 0.125. The molecule has 2 rings (SSSR count). The molecular weight excluding hydrogens is 363 g/mol. The topological polar surface area (TPSA) is 111 Å². The van der Waals surface area contributed by atoms with E-state index in [0.717, 1.165) is 6.92 Å². The number of hydrogen-bond donors (Lipinski definition) is 0. The summed E-state index contributed by atoms with van der Waals surface area (Å²) >= 11 is 0. The summed E-state index contributed by atoms with van der Waals surface area (Å²) in [5.74, 6) is -1.17. The maximum absolute atomic E-state index is 11.4. The molecule has 0 radical (unpaired) electrons. The molecule has 2 aromatic carbocycles. The normalized spacial score (nSPS) is 10.1. The summed E-state index contributed by atoms with van der Waals surface area (Å²) < 4.78 is 0. The third-order valence-electron chi connectivity index (χ3n) is 2.66. The first-order valence-electron chi connectivity index (χ1n) is 7.20. The van der Waals surface area contributed by atoms with E-state index < -0.39 is 5.97 Å². The Morgan fingerprint density at radius 1 is 0.880 bits per heavy atom. The molecule has 0 heterocycles. The number of aliphatic imine (C=N–C) groups is 2. The van der Waals surface area contributed by atoms with E-state index in [0.29, 0.717) is 24.2 Å². The van der Waals surface area contributed by atoms with Crippen molar-refractivity contribution in [3.63, 3.8) is 0 Å². The van der Waals surface area contributed by atoms with Gasteiger partial charge in [-0.05, 0) is 18.1 Å². The van der Waals surface area contributed by atoms with Crippen molar-refractivity contribution < 1.29 is 37.2 Å². The predicted molar refractivity (Wildman–Crippen MR) is 87.4 cm³/mol. The van der Waals surface area contributed by atoms with Gasteiger partial charge in [-0.1, -0.05) is 48.5 Å². The molecule has 2 aromatic rings. The Kier molecular flexibility index (Phi) is 11.4. The molecule has 6 nitrogen and oxygen atoms in total. The molecule has 0 atom stereocenters. The average Bonchev–Trinajstić information content (AvgIpc) is 2.53. The van der Waals surface area contributed by atoms with Gasteiger partial charge in [-0.15, -0.1) is 11.5 Å². The fraction of sp³-hybridized carbons (Fsp3) is 0.167. The van der Waals surface area contributed by atoms with Crippen molar-refractivity contribution in [2.45, 2.75) is 6.92 Å². The van der Waals surface area contributed by atoms with Crippen LogP contribution in [0.2, 0.25) is 0 Å². The molecule has 130 valence electrons. The Morgan fingerprint density at radius 3 is 1.52 bits per heavy atom. The smallest absolute Gasteiger partial charge is 0.872 e. The van der Waals surface area contributed by atoms with Gasteiger partial charge >= 0.3 is 17.1 Å². The molecule has 0 bridgehead atoms. The van der Waals surface area contributed by atoms with E-state index in [2.05, 4.69) is 9.98 Å². The van der Waals surface area contributed by atoms with E-state index in [9.17, 15) is 10.2 Å². The second-order valence-corrected chi connectivity index (χ2v) is 4.64. The summed E-state index contributed by atoms with van der Waals surface area (Å²) in [6, 6.07) is 13.5. The van der Waals surface area contributed by atoms with Gasteiger partial charge in [-0.2, -0.15) is 0 Å². The van der Waals surface area contributed by atoms with Crippen molar-refractivity contribution in [2.75, 3.05) is 13.1 Å². The van der Waals surface area contributed by atoms with Crippen LogP contribution in [0, 0.1) is 0 Å². The Labute approximate surface area is 157 Å². The molecule has 7 heteroatoms. The van der Waals surface area contributed by atoms with Crippen molar-refractivity contribution in [1.82, 2.24) is 0 Å². The molecule has 0 aliphatic rings. The van der Waals surface area contributed by atoms with Crippen LogP contribution in [0.3, 0.4) is 0 Å². The Hall–Kier alpha value is -2.63. The number of aliphatic carboxylic acids is 1. The van der Waals surface area contributed by atoms with Crippen LogP contribution in [-0.2, 0) is 21.9 Å². The number of carbonyl (C=O) groups excluding carboxylic acids is 1. The molecule has 0 saturated heterocycles. The second-order valence-electron chi connectivity index (χ2n) is 4.64. The molecule has 0 aliphatic carbocycles. The van der Waals surface area contributed by atoms with Crippen LogP contribution < -0.4 is 15.3 Å². The van der Waals surface area contributed by atoms with Crippen molar-refractivity contribution in [3.8, 4) is 11.5 Å². The zero-order valence-electron chi connectivity index (χ0n) is 13.6. The van der Waals surface area contributed by atoms with E-state index in [1.807, 2.05) is 0 Å². The third kappa shape index (κ3) is 9.96. The fourth-order valence-electron chi connectivity index (χ4n) is 1.62. The second kappa shape index (κ2) is 12.8. The van der Waals surface area contributed by atoms with Crippen LogP contribution in [0.25, 0.3) is 0 Å². The maximum atomic E-state index is 11.4. The summed E-state index contributed by atoms with van der Waals surface area (Å²) in [4.78, 5) is 17.2. The molecule has 0 spiro atoms. The zero-order valence-corrected chi connectivity index (χ0v) is 14.8. The fourth-order valence-corrected chi connectivity index (χ4v) is 1.62. The average molecular weight is 380 g/mol. The molecule has 0 aromatic heterocycles. The minimum Gasteiger partial charge on any atom is -0.872 e. The van der Waals surface area contributed by atoms with Gasteiger partial charge in [-0.3, -0.25) is 9.98 Å². The first kappa shape index (κ1) is 22.4. The summed E-state index contributed by atoms with van der Waals surface area (Å²) in [7, 11) is 0. The van der Waals surface area contributed by atoms with E-state index in [1.54, 1.807) is 48.8 Å². The minimum atomic E-state index is -1.08. The van der Waals surface area contributed by atoms with Crippen molar-refractivity contribution in [1.29, 1.82) is 0 Å². The first-order chi connectivity index (χ1) is 11.5. The molecule has 0 aliphatic heterocycles. The minimum absolute atomic E-state index is 0. The number of hydrogen-bond acceptors (Lipinski definition) is 6. The molecule has 0 saturated carbocycles. The van der Waals surface area contributed by atoms with Crippen LogP contribution in [0.4, 0.5) is 0 Å². The van der Waals surface area contributed by atoms with Crippen LogP contribution in [0.15, 0.2) is 58.5 Å². The van der Waals surface area contributed by atoms with Gasteiger partial charge in [0.2, 0.25) is 0 Å². The summed E-state index contributed by atoms with van der Waals surface area (Å²) in [6.07, 6.45) is 3.11. The first-order valence-corrected chi connectivity index (χ1v) is 7.20. The SMILES string of the molecule is CC(=O)[O-].[Mn+3].[O-]c1ccccc1C=NCCN=Cc1ccccc1[O-]. The standard InChI is InChI=1S/C16H16N2O2.C2H4O2.Mn/c19-15-7-3-1-5-13(15)11-17-9-10-18-12-14-6-2-4-8-16(14)20;1-2(3)4;/h1-8,11-12,19-20H,9-10H2;1H3,(H,3,4);/q;;+3/p-3. The number of rotatable bonds is 5. The van der Waals surface area contributed by atoms with Crippen LogP contribution in [0.1, 0.15) is 18.1 Å². The van der Waals surface area contributed by atoms with E-state index in [4.69, 9.17) is 9.90 Å². The molecular formula is C18H17MnN2O4. The molecule has 0 amide bonds. The summed E-state index contributed by atoms with van der Waals surface area (Å²) in [5.41, 5.74) is 1.14. The number of benzene rings is 2. The molecule has 0 unspecified atom stereocenters. The van der Waals surface area contributed by atoms with Crippen molar-refractivity contribution in [2.24, 2.45) is 9.98 Å². The van der Waals surface area contributed by atoms with Crippen LogP contribution in [0.5, 0.6) is 11.5 Å². The van der Waals surface area contributed by atoms with Gasteiger partial charge in [0.05, 0.1) is 13.1 Å². The number of nitrogens with zero attached hydrogens (tertiary/aromatic N) is 2. The van der Waals surface area contributed by atoms with Gasteiger partial charge in [0.15, 0.2) is 0 Å². The van der Waals surface area contributed by atoms with Crippen LogP contribution >= 0.6 is 0 Å². The number of carboxylic acids is 1. The van der Waals surface area contributed by atoms with E-state index >= 15 is 0 Å². The van der Waals surface area contributed by atoms with Gasteiger partial charge in [0, 0.05) is 18.4 Å². The van der Waals surface area contributed by atoms with Crippen molar-refractivity contribution >= 4 is 18.4 Å². The van der Waals surface area contributed by atoms with Gasteiger partial charge in [0.25, 0.3) is 0 Å². The quantitative estimate of drug-likeness (QED) is 0.417. The van der Waals surface area contributed by atoms with E-state index in [-0.39, 0.29) is 28.6 Å². The molecule has 0 N–H and O–H groups in total. The third-order valence-corrected chi connectivity index (χ3v) is 2.66. The summed E-state index contributed by atoms with van der Waals surface area (Å²) in [6.45, 7) is 1.93. The number of carboxylic acid groups (broad SMARTS) is 1. The maximum Gasteiger partial charge on any atom is 3.00 e. The molecule has 25 heavy (non-hydrogen) atoms. The monoisotopic (exact) mass is 380 g/mol. The largest absolute Gasteiger partial charge is 3.00 e. The Morgan fingerprint density at radius 2 is 1.20 bits per heavy atom. The number of para-hydroxylation sites is 2. The van der Waals surface area contributed by atoms with Crippen LogP contribution in [-0.4, -0.2) is 31.5 Å². The van der Waals surface area contributed by atoms with Gasteiger partial charge < -0.3 is 20.1 Å². The molecule has 0 fully saturated rings. The Bertz CT molecular complexity index is 658.